The van der Waals surface area contributed by atoms with E-state index in [-0.39, 0.29) is 16.5 Å². The number of hydrogen-bond acceptors (Lipinski definition) is 4. The van der Waals surface area contributed by atoms with Crippen LogP contribution in [0.25, 0.3) is 5.69 Å². The Bertz CT molecular complexity index is 1200. The van der Waals surface area contributed by atoms with Gasteiger partial charge in [-0.15, -0.1) is 0 Å². The van der Waals surface area contributed by atoms with Gasteiger partial charge in [0.25, 0.3) is 0 Å². The molecule has 1 fully saturated rings. The van der Waals surface area contributed by atoms with Gasteiger partial charge < -0.3 is 0 Å². The summed E-state index contributed by atoms with van der Waals surface area (Å²) in [5.41, 5.74) is -0.394. The first-order valence-electron chi connectivity index (χ1n) is 9.53. The molecule has 0 unspecified atom stereocenters. The average Bonchev–Trinajstić information content (AvgIpc) is 3.09. The molecule has 0 radical (unpaired) electrons. The summed E-state index contributed by atoms with van der Waals surface area (Å²) in [7, 11) is -3.69. The van der Waals surface area contributed by atoms with Crippen molar-refractivity contribution in [1.82, 2.24) is 19.1 Å². The monoisotopic (exact) mass is 434 g/mol. The van der Waals surface area contributed by atoms with Crippen LogP contribution in [0.1, 0.15) is 18.7 Å². The fourth-order valence-electron chi connectivity index (χ4n) is 3.72. The van der Waals surface area contributed by atoms with Gasteiger partial charge in [0.1, 0.15) is 17.5 Å². The quantitative estimate of drug-likeness (QED) is 0.668. The van der Waals surface area contributed by atoms with E-state index in [1.165, 1.54) is 33.1 Å². The third-order valence-electron chi connectivity index (χ3n) is 5.33. The zero-order valence-electron chi connectivity index (χ0n) is 16.0. The highest BCUT2D eigenvalue weighted by Crippen LogP contribution is 2.26. The number of nitrogens with zero attached hydrogens (tertiary/aromatic N) is 3. The summed E-state index contributed by atoms with van der Waals surface area (Å²) < 4.78 is 55.3. The van der Waals surface area contributed by atoms with E-state index < -0.39 is 27.3 Å². The molecule has 7 nitrogen and oxygen atoms in total. The van der Waals surface area contributed by atoms with Crippen LogP contribution in [0.5, 0.6) is 0 Å². The first-order valence-corrected chi connectivity index (χ1v) is 11.0. The number of H-pyrrole nitrogens is 1. The van der Waals surface area contributed by atoms with Crippen molar-refractivity contribution in [2.24, 2.45) is 5.92 Å². The van der Waals surface area contributed by atoms with Crippen LogP contribution in [0.15, 0.2) is 58.2 Å². The van der Waals surface area contributed by atoms with Crippen LogP contribution in [-0.2, 0) is 16.4 Å². The van der Waals surface area contributed by atoms with Gasteiger partial charge in [0.2, 0.25) is 10.0 Å². The van der Waals surface area contributed by atoms with Gasteiger partial charge in [-0.05, 0) is 55.2 Å². The second-order valence-electron chi connectivity index (χ2n) is 7.24. The number of hydrogen-bond donors (Lipinski definition) is 1. The molecule has 1 saturated heterocycles. The van der Waals surface area contributed by atoms with Gasteiger partial charge in [-0.2, -0.15) is 9.40 Å². The number of aromatic nitrogens is 3. The molecule has 2 aromatic carbocycles. The van der Waals surface area contributed by atoms with E-state index in [1.54, 1.807) is 12.1 Å². The lowest BCUT2D eigenvalue weighted by atomic mass is 9.94. The SMILES string of the molecule is O=c1[nH]nc(CC2CCN(S(=O)(=O)c3ccc(F)cc3)CC2)n1-c1ccccc1F. The van der Waals surface area contributed by atoms with Crippen LogP contribution in [0.3, 0.4) is 0 Å². The van der Waals surface area contributed by atoms with E-state index in [1.807, 2.05) is 0 Å². The fraction of sp³-hybridized carbons (Fsp3) is 0.300. The van der Waals surface area contributed by atoms with Gasteiger partial charge in [0, 0.05) is 19.5 Å². The smallest absolute Gasteiger partial charge is 0.246 e. The first kappa shape index (κ1) is 20.4. The van der Waals surface area contributed by atoms with E-state index in [2.05, 4.69) is 10.2 Å². The minimum absolute atomic E-state index is 0.0584. The Balaban J connectivity index is 1.47. The van der Waals surface area contributed by atoms with Crippen LogP contribution in [0, 0.1) is 17.6 Å². The lowest BCUT2D eigenvalue weighted by Crippen LogP contribution is -2.39. The maximum atomic E-state index is 14.2. The first-order chi connectivity index (χ1) is 14.4. The number of benzene rings is 2. The fourth-order valence-corrected chi connectivity index (χ4v) is 5.19. The minimum Gasteiger partial charge on any atom is -0.246 e. The number of sulfonamides is 1. The van der Waals surface area contributed by atoms with Crippen LogP contribution in [0.2, 0.25) is 0 Å². The molecule has 0 aliphatic carbocycles. The largest absolute Gasteiger partial charge is 0.348 e. The molecular formula is C20H20F2N4O3S. The summed E-state index contributed by atoms with van der Waals surface area (Å²) in [6.45, 7) is 0.609. The molecular weight excluding hydrogens is 414 g/mol. The van der Waals surface area contributed by atoms with Crippen molar-refractivity contribution in [3.05, 3.63) is 76.5 Å². The highest BCUT2D eigenvalue weighted by Gasteiger charge is 2.30. The zero-order valence-corrected chi connectivity index (χ0v) is 16.8. The molecule has 0 bridgehead atoms. The molecule has 1 aliphatic rings. The summed E-state index contributed by atoms with van der Waals surface area (Å²) in [5, 5.41) is 6.41. The molecule has 0 atom stereocenters. The number of nitrogens with one attached hydrogen (secondary N) is 1. The van der Waals surface area contributed by atoms with Gasteiger partial charge >= 0.3 is 5.69 Å². The van der Waals surface area contributed by atoms with E-state index in [0.29, 0.717) is 38.2 Å². The molecule has 4 rings (SSSR count). The Hall–Kier alpha value is -2.85. The Morgan fingerprint density at radius 3 is 2.37 bits per heavy atom. The molecule has 2 heterocycles. The second kappa shape index (κ2) is 8.11. The maximum Gasteiger partial charge on any atom is 0.348 e. The maximum absolute atomic E-state index is 14.2. The Morgan fingerprint density at radius 2 is 1.70 bits per heavy atom. The molecule has 1 aliphatic heterocycles. The lowest BCUT2D eigenvalue weighted by Gasteiger charge is -2.31. The minimum atomic E-state index is -3.69. The number of rotatable bonds is 5. The van der Waals surface area contributed by atoms with Crippen molar-refractivity contribution in [3.8, 4) is 5.69 Å². The van der Waals surface area contributed by atoms with Gasteiger partial charge in [-0.25, -0.2) is 31.7 Å². The van der Waals surface area contributed by atoms with Gasteiger partial charge in [0.05, 0.1) is 10.6 Å². The highest BCUT2D eigenvalue weighted by molar-refractivity contribution is 7.89. The summed E-state index contributed by atoms with van der Waals surface area (Å²) >= 11 is 0. The lowest BCUT2D eigenvalue weighted by molar-refractivity contribution is 0.269. The van der Waals surface area contributed by atoms with Crippen LogP contribution < -0.4 is 5.69 Å². The second-order valence-corrected chi connectivity index (χ2v) is 9.18. The Labute approximate surface area is 172 Å². The normalized spacial score (nSPS) is 16.1. The van der Waals surface area contributed by atoms with Crippen molar-refractivity contribution < 1.29 is 17.2 Å². The highest BCUT2D eigenvalue weighted by atomic mass is 32.2. The van der Waals surface area contributed by atoms with E-state index in [0.717, 1.165) is 12.1 Å². The molecule has 0 saturated carbocycles. The van der Waals surface area contributed by atoms with Crippen molar-refractivity contribution in [1.29, 1.82) is 0 Å². The third kappa shape index (κ3) is 3.92. The van der Waals surface area contributed by atoms with Gasteiger partial charge in [-0.3, -0.25) is 0 Å². The molecule has 3 aromatic rings. The van der Waals surface area contributed by atoms with E-state index in [9.17, 15) is 22.0 Å². The van der Waals surface area contributed by atoms with Crippen molar-refractivity contribution in [3.63, 3.8) is 0 Å². The Morgan fingerprint density at radius 1 is 1.03 bits per heavy atom. The van der Waals surface area contributed by atoms with Crippen molar-refractivity contribution in [2.45, 2.75) is 24.2 Å². The summed E-state index contributed by atoms with van der Waals surface area (Å²) in [6, 6.07) is 10.7. The van der Waals surface area contributed by atoms with Crippen LogP contribution in [0.4, 0.5) is 8.78 Å². The molecule has 0 spiro atoms. The summed E-state index contributed by atoms with van der Waals surface area (Å²) in [6.07, 6.45) is 1.55. The van der Waals surface area contributed by atoms with Crippen LogP contribution in [-0.4, -0.2) is 40.6 Å². The van der Waals surface area contributed by atoms with E-state index in [4.69, 9.17) is 0 Å². The molecule has 0 amide bonds. The number of piperidine rings is 1. The zero-order chi connectivity index (χ0) is 21.3. The molecule has 30 heavy (non-hydrogen) atoms. The van der Waals surface area contributed by atoms with Crippen molar-refractivity contribution >= 4 is 10.0 Å². The molecule has 158 valence electrons. The summed E-state index contributed by atoms with van der Waals surface area (Å²) in [4.78, 5) is 12.2. The van der Waals surface area contributed by atoms with E-state index >= 15 is 0 Å². The Kier molecular flexibility index (Phi) is 5.52. The van der Waals surface area contributed by atoms with Crippen LogP contribution >= 0.6 is 0 Å². The standard InChI is InChI=1S/C20H20F2N4O3S/c21-15-5-7-16(8-6-15)30(28,29)25-11-9-14(10-12-25)13-19-23-24-20(27)26(19)18-4-2-1-3-17(18)22/h1-8,14H,9-13H2,(H,24,27). The molecule has 1 N–H and O–H groups in total. The number of para-hydroxylation sites is 1. The van der Waals surface area contributed by atoms with Gasteiger partial charge in [-0.1, -0.05) is 12.1 Å². The number of halogens is 2. The predicted octanol–water partition coefficient (Wildman–Crippen LogP) is 2.48. The van der Waals surface area contributed by atoms with Crippen molar-refractivity contribution in [2.75, 3.05) is 13.1 Å². The average molecular weight is 434 g/mol. The number of aromatic amines is 1. The molecule has 10 heteroatoms. The third-order valence-corrected chi connectivity index (χ3v) is 7.24. The molecule has 1 aromatic heterocycles. The van der Waals surface area contributed by atoms with Gasteiger partial charge in [0.15, 0.2) is 0 Å². The predicted molar refractivity (Wildman–Crippen MR) is 106 cm³/mol. The topological polar surface area (TPSA) is 88.1 Å². The summed E-state index contributed by atoms with van der Waals surface area (Å²) in [5.74, 6) is -0.523.